The van der Waals surface area contributed by atoms with E-state index in [0.29, 0.717) is 5.02 Å². The van der Waals surface area contributed by atoms with Gasteiger partial charge in [0.05, 0.1) is 23.0 Å². The number of nitrogens with zero attached hydrogens (tertiary/aromatic N) is 2. The van der Waals surface area contributed by atoms with Gasteiger partial charge in [0.1, 0.15) is 0 Å². The Morgan fingerprint density at radius 3 is 2.56 bits per heavy atom. The number of aryl methyl sites for hydroxylation is 2. The van der Waals surface area contributed by atoms with E-state index in [1.165, 1.54) is 11.1 Å². The summed E-state index contributed by atoms with van der Waals surface area (Å²) in [5.41, 5.74) is 6.16. The summed E-state index contributed by atoms with van der Waals surface area (Å²) in [4.78, 5) is 0. The molecular weight excluding hydrogens is 248 g/mol. The largest absolute Gasteiger partial charge is 0.271 e. The van der Waals surface area contributed by atoms with Gasteiger partial charge in [-0.15, -0.1) is 0 Å². The highest BCUT2D eigenvalue weighted by molar-refractivity contribution is 6.31. The van der Waals surface area contributed by atoms with Gasteiger partial charge in [-0.1, -0.05) is 41.4 Å². The number of benzene rings is 1. The topological polar surface area (TPSA) is 55.9 Å². The summed E-state index contributed by atoms with van der Waals surface area (Å²) in [7, 11) is 1.86. The monoisotopic (exact) mass is 264 g/mol. The molecule has 1 heterocycles. The second-order valence-electron chi connectivity index (χ2n) is 4.41. The third-order valence-electron chi connectivity index (χ3n) is 3.03. The molecule has 18 heavy (non-hydrogen) atoms. The predicted octanol–water partition coefficient (Wildman–Crippen LogP) is 2.13. The Morgan fingerprint density at radius 1 is 1.39 bits per heavy atom. The summed E-state index contributed by atoms with van der Waals surface area (Å²) in [5, 5.41) is 4.76. The van der Waals surface area contributed by atoms with Crippen LogP contribution in [0.4, 0.5) is 0 Å². The molecule has 4 nitrogen and oxygen atoms in total. The molecule has 96 valence electrons. The van der Waals surface area contributed by atoms with E-state index in [1.807, 2.05) is 7.05 Å². The van der Waals surface area contributed by atoms with Crippen LogP contribution in [0.15, 0.2) is 30.5 Å². The Balaban J connectivity index is 2.22. The van der Waals surface area contributed by atoms with E-state index >= 15 is 0 Å². The lowest BCUT2D eigenvalue weighted by Crippen LogP contribution is -2.31. The van der Waals surface area contributed by atoms with Crippen LogP contribution in [0.1, 0.15) is 22.9 Å². The molecule has 3 N–H and O–H groups in total. The zero-order valence-corrected chi connectivity index (χ0v) is 11.3. The zero-order valence-electron chi connectivity index (χ0n) is 10.5. The molecular formula is C13H17ClN4. The second-order valence-corrected chi connectivity index (χ2v) is 4.82. The van der Waals surface area contributed by atoms with Gasteiger partial charge in [-0.25, -0.2) is 0 Å². The van der Waals surface area contributed by atoms with Crippen molar-refractivity contribution < 1.29 is 0 Å². The van der Waals surface area contributed by atoms with Crippen LogP contribution in [-0.4, -0.2) is 9.78 Å². The standard InChI is InChI=1S/C13H17ClN4/c1-9-3-5-10(6-4-9)7-12(17-15)13-11(14)8-16-18(13)2/h3-6,8,12,17H,7,15H2,1-2H3. The van der Waals surface area contributed by atoms with E-state index in [1.54, 1.807) is 10.9 Å². The minimum absolute atomic E-state index is 0.0484. The predicted molar refractivity (Wildman–Crippen MR) is 73.2 cm³/mol. The number of hydrogen-bond acceptors (Lipinski definition) is 3. The van der Waals surface area contributed by atoms with Gasteiger partial charge in [0.15, 0.2) is 0 Å². The normalized spacial score (nSPS) is 12.7. The molecule has 0 bridgehead atoms. The molecule has 0 aliphatic carbocycles. The summed E-state index contributed by atoms with van der Waals surface area (Å²) < 4.78 is 1.75. The van der Waals surface area contributed by atoms with Gasteiger partial charge in [0.25, 0.3) is 0 Å². The van der Waals surface area contributed by atoms with Gasteiger partial charge < -0.3 is 0 Å². The Kier molecular flexibility index (Phi) is 4.01. The van der Waals surface area contributed by atoms with Crippen LogP contribution in [0.2, 0.25) is 5.02 Å². The van der Waals surface area contributed by atoms with Crippen LogP contribution in [0.25, 0.3) is 0 Å². The molecule has 0 aliphatic heterocycles. The van der Waals surface area contributed by atoms with Crippen molar-refractivity contribution in [1.29, 1.82) is 0 Å². The van der Waals surface area contributed by atoms with Crippen LogP contribution >= 0.6 is 11.6 Å². The average molecular weight is 265 g/mol. The first-order valence-corrected chi connectivity index (χ1v) is 6.18. The van der Waals surface area contributed by atoms with E-state index in [9.17, 15) is 0 Å². The molecule has 1 atom stereocenters. The van der Waals surface area contributed by atoms with Crippen molar-refractivity contribution >= 4 is 11.6 Å². The second kappa shape index (κ2) is 5.52. The number of rotatable bonds is 4. The van der Waals surface area contributed by atoms with Crippen LogP contribution in [0.5, 0.6) is 0 Å². The first kappa shape index (κ1) is 13.1. The highest BCUT2D eigenvalue weighted by Crippen LogP contribution is 2.24. The maximum Gasteiger partial charge on any atom is 0.0834 e. The number of hydrazine groups is 1. The lowest BCUT2D eigenvalue weighted by molar-refractivity contribution is 0.508. The molecule has 1 unspecified atom stereocenters. The lowest BCUT2D eigenvalue weighted by Gasteiger charge is -2.17. The molecule has 0 saturated heterocycles. The highest BCUT2D eigenvalue weighted by Gasteiger charge is 2.18. The van der Waals surface area contributed by atoms with E-state index in [4.69, 9.17) is 17.4 Å². The van der Waals surface area contributed by atoms with Gasteiger partial charge in [-0.05, 0) is 18.9 Å². The van der Waals surface area contributed by atoms with Crippen LogP contribution in [0.3, 0.4) is 0 Å². The van der Waals surface area contributed by atoms with E-state index in [0.717, 1.165) is 12.1 Å². The third-order valence-corrected chi connectivity index (χ3v) is 3.32. The van der Waals surface area contributed by atoms with Gasteiger partial charge >= 0.3 is 0 Å². The number of nitrogens with two attached hydrogens (primary N) is 1. The van der Waals surface area contributed by atoms with Gasteiger partial charge in [0.2, 0.25) is 0 Å². The summed E-state index contributed by atoms with van der Waals surface area (Å²) in [6.45, 7) is 2.07. The molecule has 0 fully saturated rings. The van der Waals surface area contributed by atoms with Crippen molar-refractivity contribution in [2.45, 2.75) is 19.4 Å². The van der Waals surface area contributed by atoms with Crippen molar-refractivity contribution in [2.75, 3.05) is 0 Å². The van der Waals surface area contributed by atoms with Crippen LogP contribution in [-0.2, 0) is 13.5 Å². The quantitative estimate of drug-likeness (QED) is 0.657. The van der Waals surface area contributed by atoms with E-state index in [-0.39, 0.29) is 6.04 Å². The van der Waals surface area contributed by atoms with Crippen LogP contribution in [0, 0.1) is 6.92 Å². The molecule has 0 aliphatic rings. The van der Waals surface area contributed by atoms with Crippen molar-refractivity contribution in [2.24, 2.45) is 12.9 Å². The van der Waals surface area contributed by atoms with Gasteiger partial charge in [0, 0.05) is 7.05 Å². The Morgan fingerprint density at radius 2 is 2.06 bits per heavy atom. The fourth-order valence-electron chi connectivity index (χ4n) is 2.01. The Labute approximate surface area is 112 Å². The summed E-state index contributed by atoms with van der Waals surface area (Å²) in [5.74, 6) is 5.63. The number of aromatic nitrogens is 2. The third kappa shape index (κ3) is 2.72. The van der Waals surface area contributed by atoms with Crippen molar-refractivity contribution in [3.05, 3.63) is 52.3 Å². The number of nitrogens with one attached hydrogen (secondary N) is 1. The van der Waals surface area contributed by atoms with Crippen molar-refractivity contribution in [3.8, 4) is 0 Å². The number of hydrogen-bond donors (Lipinski definition) is 2. The van der Waals surface area contributed by atoms with E-state index in [2.05, 4.69) is 41.7 Å². The number of halogens is 1. The Hall–Kier alpha value is -1.36. The molecule has 2 rings (SSSR count). The fraction of sp³-hybridized carbons (Fsp3) is 0.308. The van der Waals surface area contributed by atoms with Gasteiger partial charge in [-0.2, -0.15) is 5.10 Å². The minimum Gasteiger partial charge on any atom is -0.271 e. The fourth-order valence-corrected chi connectivity index (χ4v) is 2.30. The van der Waals surface area contributed by atoms with Crippen molar-refractivity contribution in [1.82, 2.24) is 15.2 Å². The smallest absolute Gasteiger partial charge is 0.0834 e. The van der Waals surface area contributed by atoms with Crippen molar-refractivity contribution in [3.63, 3.8) is 0 Å². The zero-order chi connectivity index (χ0) is 13.1. The minimum atomic E-state index is -0.0484. The Bertz CT molecular complexity index is 499. The molecule has 0 saturated carbocycles. The van der Waals surface area contributed by atoms with E-state index < -0.39 is 0 Å². The average Bonchev–Trinajstić information content (AvgIpc) is 2.69. The molecule has 5 heteroatoms. The summed E-state index contributed by atoms with van der Waals surface area (Å²) in [6.07, 6.45) is 2.41. The molecule has 0 amide bonds. The lowest BCUT2D eigenvalue weighted by atomic mass is 10.0. The molecule has 1 aromatic heterocycles. The summed E-state index contributed by atoms with van der Waals surface area (Å²) in [6, 6.07) is 8.34. The maximum atomic E-state index is 6.13. The molecule has 0 spiro atoms. The molecule has 1 aromatic carbocycles. The van der Waals surface area contributed by atoms with Crippen LogP contribution < -0.4 is 11.3 Å². The van der Waals surface area contributed by atoms with Gasteiger partial charge in [-0.3, -0.25) is 16.0 Å². The molecule has 2 aromatic rings. The SMILES string of the molecule is Cc1ccc(CC(NN)c2c(Cl)cnn2C)cc1. The first-order chi connectivity index (χ1) is 8.61. The highest BCUT2D eigenvalue weighted by atomic mass is 35.5. The maximum absolute atomic E-state index is 6.13. The first-order valence-electron chi connectivity index (χ1n) is 5.81. The molecule has 0 radical (unpaired) electrons. The summed E-state index contributed by atoms with van der Waals surface area (Å²) >= 11 is 6.13.